The smallest absolute Gasteiger partial charge is 0.343 e. The van der Waals surface area contributed by atoms with Gasteiger partial charge in [0.15, 0.2) is 0 Å². The summed E-state index contributed by atoms with van der Waals surface area (Å²) in [5.74, 6) is -0.498. The van der Waals surface area contributed by atoms with Crippen molar-refractivity contribution >= 4 is 29.4 Å². The summed E-state index contributed by atoms with van der Waals surface area (Å²) in [6.45, 7) is 2.81. The van der Waals surface area contributed by atoms with Crippen molar-refractivity contribution in [2.24, 2.45) is 0 Å². The van der Waals surface area contributed by atoms with Crippen LogP contribution in [-0.2, 0) is 22.4 Å². The van der Waals surface area contributed by atoms with Gasteiger partial charge in [0.2, 0.25) is 5.91 Å². The molecule has 0 spiro atoms. The van der Waals surface area contributed by atoms with Crippen LogP contribution >= 0.6 is 0 Å². The molecular weight excluding hydrogens is 652 g/mol. The predicted molar refractivity (Wildman–Crippen MR) is 193 cm³/mol. The molecule has 0 aliphatic rings. The van der Waals surface area contributed by atoms with Crippen LogP contribution in [-0.4, -0.2) is 55.7 Å². The highest BCUT2D eigenvalue weighted by molar-refractivity contribution is 5.98. The van der Waals surface area contributed by atoms with E-state index in [4.69, 9.17) is 18.9 Å². The number of ether oxygens (including phenoxy) is 4. The molecule has 1 atom stereocenters. The summed E-state index contributed by atoms with van der Waals surface area (Å²) < 4.78 is 21.8. The predicted octanol–water partition coefficient (Wildman–Crippen LogP) is 6.88. The number of carboxylic acids is 1. The van der Waals surface area contributed by atoms with Crippen molar-refractivity contribution in [1.82, 2.24) is 5.32 Å². The number of aliphatic carboxylic acids is 1. The van der Waals surface area contributed by atoms with Gasteiger partial charge in [-0.25, -0.2) is 9.59 Å². The Bertz CT molecular complexity index is 1750. The molecule has 0 radical (unpaired) electrons. The van der Waals surface area contributed by atoms with Gasteiger partial charge in [-0.1, -0.05) is 50.8 Å². The van der Waals surface area contributed by atoms with Gasteiger partial charge in [0, 0.05) is 29.3 Å². The average molecular weight is 697 g/mol. The zero-order valence-corrected chi connectivity index (χ0v) is 29.1. The summed E-state index contributed by atoms with van der Waals surface area (Å²) in [5, 5.41) is 15.1. The molecule has 1 unspecified atom stereocenters. The lowest BCUT2D eigenvalue weighted by molar-refractivity contribution is -0.139. The number of methoxy groups -OCH3 is 2. The van der Waals surface area contributed by atoms with Gasteiger partial charge >= 0.3 is 11.9 Å². The lowest BCUT2D eigenvalue weighted by Gasteiger charge is -2.15. The molecule has 0 saturated heterocycles. The van der Waals surface area contributed by atoms with Crippen molar-refractivity contribution in [2.75, 3.05) is 26.1 Å². The fourth-order valence-corrected chi connectivity index (χ4v) is 5.20. The minimum Gasteiger partial charge on any atom is -0.497 e. The number of hydrogen-bond acceptors (Lipinski definition) is 8. The van der Waals surface area contributed by atoms with Crippen LogP contribution in [0.5, 0.6) is 23.0 Å². The van der Waals surface area contributed by atoms with Crippen LogP contribution in [0.4, 0.5) is 5.69 Å². The van der Waals surface area contributed by atoms with E-state index in [-0.39, 0.29) is 24.3 Å². The number of amides is 2. The van der Waals surface area contributed by atoms with Crippen molar-refractivity contribution in [1.29, 1.82) is 0 Å². The van der Waals surface area contributed by atoms with Gasteiger partial charge in [-0.2, -0.15) is 0 Å². The summed E-state index contributed by atoms with van der Waals surface area (Å²) in [5.41, 5.74) is 2.35. The molecule has 2 amide bonds. The summed E-state index contributed by atoms with van der Waals surface area (Å²) in [7, 11) is 3.06. The maximum absolute atomic E-state index is 12.9. The summed E-state index contributed by atoms with van der Waals surface area (Å²) in [6.07, 6.45) is 5.80. The SMILES string of the molecule is CCCCCCCOc1ccc(C(=O)Oc2ccc(CC(NC(=O)c3ccc(NC(=O)Cc4ccc(OC)cc4OC)cc3)C(=O)O)cc2)cc1. The fourth-order valence-electron chi connectivity index (χ4n) is 5.20. The molecule has 0 aromatic heterocycles. The van der Waals surface area contributed by atoms with E-state index in [1.807, 2.05) is 0 Å². The highest BCUT2D eigenvalue weighted by Gasteiger charge is 2.22. The lowest BCUT2D eigenvalue weighted by Crippen LogP contribution is -2.42. The van der Waals surface area contributed by atoms with Crippen molar-refractivity contribution in [2.45, 2.75) is 57.9 Å². The second-order valence-corrected chi connectivity index (χ2v) is 11.9. The highest BCUT2D eigenvalue weighted by Crippen LogP contribution is 2.25. The number of unbranched alkanes of at least 4 members (excludes halogenated alkanes) is 4. The molecule has 0 aliphatic heterocycles. The Balaban J connectivity index is 1.25. The van der Waals surface area contributed by atoms with E-state index in [2.05, 4.69) is 17.6 Å². The van der Waals surface area contributed by atoms with Gasteiger partial charge in [-0.3, -0.25) is 9.59 Å². The van der Waals surface area contributed by atoms with Crippen LogP contribution < -0.4 is 29.6 Å². The minimum atomic E-state index is -1.22. The molecule has 0 bridgehead atoms. The third-order valence-corrected chi connectivity index (χ3v) is 8.06. The molecule has 4 aromatic rings. The summed E-state index contributed by atoms with van der Waals surface area (Å²) in [4.78, 5) is 50.3. The standard InChI is InChI=1S/C40H44N2O9/c1-4-5-6-7-8-23-50-32-20-13-29(14-21-32)40(47)51-33-18-9-27(10-19-33)24-35(39(45)46)42-38(44)28-11-16-31(17-12-28)41-37(43)25-30-15-22-34(48-2)26-36(30)49-3/h9-22,26,35H,4-8,23-25H2,1-3H3,(H,41,43)(H,42,44)(H,45,46). The van der Waals surface area contributed by atoms with Crippen molar-refractivity contribution in [3.05, 3.63) is 113 Å². The number of carbonyl (C=O) groups excluding carboxylic acids is 3. The van der Waals surface area contributed by atoms with Gasteiger partial charge in [0.1, 0.15) is 29.0 Å². The molecule has 4 aromatic carbocycles. The Hall–Kier alpha value is -5.84. The zero-order valence-electron chi connectivity index (χ0n) is 29.1. The number of rotatable bonds is 19. The third kappa shape index (κ3) is 11.9. The first-order valence-electron chi connectivity index (χ1n) is 16.9. The number of carboxylic acid groups (broad SMARTS) is 1. The molecule has 0 saturated carbocycles. The normalized spacial score (nSPS) is 11.2. The molecule has 268 valence electrons. The van der Waals surface area contributed by atoms with Gasteiger partial charge in [-0.05, 0) is 78.7 Å². The van der Waals surface area contributed by atoms with Gasteiger partial charge in [0.25, 0.3) is 5.91 Å². The fraction of sp³-hybridized carbons (Fsp3) is 0.300. The monoisotopic (exact) mass is 696 g/mol. The minimum absolute atomic E-state index is 0.00166. The van der Waals surface area contributed by atoms with E-state index in [1.165, 1.54) is 38.5 Å². The van der Waals surface area contributed by atoms with Crippen LogP contribution in [0.25, 0.3) is 0 Å². The lowest BCUT2D eigenvalue weighted by atomic mass is 10.0. The zero-order chi connectivity index (χ0) is 36.6. The van der Waals surface area contributed by atoms with Crippen molar-refractivity contribution in [3.8, 4) is 23.0 Å². The van der Waals surface area contributed by atoms with E-state index in [9.17, 15) is 24.3 Å². The van der Waals surface area contributed by atoms with E-state index in [0.717, 1.165) is 12.8 Å². The van der Waals surface area contributed by atoms with E-state index >= 15 is 0 Å². The van der Waals surface area contributed by atoms with E-state index in [1.54, 1.807) is 86.0 Å². The van der Waals surface area contributed by atoms with E-state index in [0.29, 0.717) is 52.0 Å². The Kier molecular flexibility index (Phi) is 14.4. The number of esters is 1. The van der Waals surface area contributed by atoms with Crippen LogP contribution in [0.2, 0.25) is 0 Å². The largest absolute Gasteiger partial charge is 0.497 e. The molecule has 51 heavy (non-hydrogen) atoms. The van der Waals surface area contributed by atoms with Crippen molar-refractivity contribution in [3.63, 3.8) is 0 Å². The number of anilines is 1. The number of nitrogens with one attached hydrogen (secondary N) is 2. The van der Waals surface area contributed by atoms with Crippen LogP contribution in [0.3, 0.4) is 0 Å². The highest BCUT2D eigenvalue weighted by atomic mass is 16.5. The van der Waals surface area contributed by atoms with Crippen LogP contribution in [0.15, 0.2) is 91.0 Å². The molecule has 0 fully saturated rings. The quantitative estimate of drug-likeness (QED) is 0.0542. The molecule has 0 aliphatic carbocycles. The first kappa shape index (κ1) is 38.0. The molecule has 11 heteroatoms. The second kappa shape index (κ2) is 19.4. The topological polar surface area (TPSA) is 149 Å². The first-order valence-corrected chi connectivity index (χ1v) is 16.9. The molecular formula is C40H44N2O9. The number of carbonyl (C=O) groups is 4. The molecule has 3 N–H and O–H groups in total. The van der Waals surface area contributed by atoms with Gasteiger partial charge < -0.3 is 34.7 Å². The van der Waals surface area contributed by atoms with Crippen LogP contribution in [0, 0.1) is 0 Å². The Morgan fingerprint density at radius 2 is 1.37 bits per heavy atom. The molecule has 11 nitrogen and oxygen atoms in total. The molecule has 4 rings (SSSR count). The first-order chi connectivity index (χ1) is 24.7. The molecule has 0 heterocycles. The Labute approximate surface area is 297 Å². The van der Waals surface area contributed by atoms with Crippen LogP contribution in [0.1, 0.15) is 70.9 Å². The number of hydrogen-bond donors (Lipinski definition) is 3. The Morgan fingerprint density at radius 3 is 2.02 bits per heavy atom. The maximum atomic E-state index is 12.9. The van der Waals surface area contributed by atoms with Gasteiger partial charge in [0.05, 0.1) is 32.8 Å². The Morgan fingerprint density at radius 1 is 0.725 bits per heavy atom. The maximum Gasteiger partial charge on any atom is 0.343 e. The second-order valence-electron chi connectivity index (χ2n) is 11.9. The third-order valence-electron chi connectivity index (χ3n) is 8.06. The average Bonchev–Trinajstić information content (AvgIpc) is 3.14. The van der Waals surface area contributed by atoms with Crippen molar-refractivity contribution < 1.29 is 43.2 Å². The number of benzene rings is 4. The van der Waals surface area contributed by atoms with E-state index < -0.39 is 23.9 Å². The van der Waals surface area contributed by atoms with Gasteiger partial charge in [-0.15, -0.1) is 0 Å². The summed E-state index contributed by atoms with van der Waals surface area (Å²) >= 11 is 0. The summed E-state index contributed by atoms with van der Waals surface area (Å²) in [6, 6.07) is 23.3.